The number of nitrogens with zero attached hydrogens (tertiary/aromatic N) is 2. The van der Waals surface area contributed by atoms with Crippen LogP contribution in [0, 0.1) is 0 Å². The summed E-state index contributed by atoms with van der Waals surface area (Å²) in [7, 11) is 0. The number of fused-ring (bicyclic) bond motifs is 4. The highest BCUT2D eigenvalue weighted by atomic mass is 32.2. The maximum atomic E-state index is 15.0. The van der Waals surface area contributed by atoms with E-state index in [-0.39, 0.29) is 16.2 Å². The standard InChI is InChI=1S/C24H14F3N3OS2/c25-24(26,27)23(14-8-2-1-3-9-14)29-20(31)19(21-28-15-10-4-6-12-17(15)32-21)22-30(23)16-11-5-7-13-18(16)33-22/h1-13H,(H,29,31)/t23-/m1/s1. The maximum absolute atomic E-state index is 15.0. The number of hydrogen-bond acceptors (Lipinski definition) is 5. The number of carbonyl (C=O) groups is 1. The first-order chi connectivity index (χ1) is 15.9. The quantitative estimate of drug-likeness (QED) is 0.375. The molecule has 1 N–H and O–H groups in total. The summed E-state index contributed by atoms with van der Waals surface area (Å²) in [6.07, 6.45) is -4.81. The molecule has 33 heavy (non-hydrogen) atoms. The summed E-state index contributed by atoms with van der Waals surface area (Å²) in [5, 5.41) is 2.96. The molecule has 0 radical (unpaired) electrons. The molecule has 2 aliphatic heterocycles. The zero-order chi connectivity index (χ0) is 22.8. The van der Waals surface area contributed by atoms with Crippen LogP contribution < -0.4 is 10.2 Å². The Bertz CT molecular complexity index is 1420. The second-order valence-corrected chi connectivity index (χ2v) is 9.66. The van der Waals surface area contributed by atoms with Gasteiger partial charge in [0.05, 0.1) is 20.9 Å². The smallest absolute Gasteiger partial charge is 0.317 e. The van der Waals surface area contributed by atoms with Crippen LogP contribution in [0.3, 0.4) is 0 Å². The van der Waals surface area contributed by atoms with Crippen molar-refractivity contribution in [2.24, 2.45) is 0 Å². The molecule has 0 bridgehead atoms. The lowest BCUT2D eigenvalue weighted by atomic mass is 9.92. The molecular weight excluding hydrogens is 467 g/mol. The Labute approximate surface area is 194 Å². The molecule has 0 spiro atoms. The van der Waals surface area contributed by atoms with Crippen molar-refractivity contribution in [3.05, 3.63) is 94.5 Å². The average Bonchev–Trinajstić information content (AvgIpc) is 3.39. The molecule has 164 valence electrons. The van der Waals surface area contributed by atoms with Crippen molar-refractivity contribution >= 4 is 50.5 Å². The van der Waals surface area contributed by atoms with Crippen molar-refractivity contribution in [3.63, 3.8) is 0 Å². The van der Waals surface area contributed by atoms with Gasteiger partial charge in [-0.3, -0.25) is 9.69 Å². The lowest BCUT2D eigenvalue weighted by Gasteiger charge is -2.47. The van der Waals surface area contributed by atoms with E-state index in [1.165, 1.54) is 40.5 Å². The Morgan fingerprint density at radius 2 is 1.61 bits per heavy atom. The third kappa shape index (κ3) is 2.85. The number of benzene rings is 3. The van der Waals surface area contributed by atoms with Gasteiger partial charge in [0.25, 0.3) is 5.91 Å². The largest absolute Gasteiger partial charge is 0.435 e. The van der Waals surface area contributed by atoms with E-state index in [0.717, 1.165) is 16.5 Å². The highest BCUT2D eigenvalue weighted by Crippen LogP contribution is 2.59. The Morgan fingerprint density at radius 3 is 2.36 bits per heavy atom. The summed E-state index contributed by atoms with van der Waals surface area (Å²) >= 11 is 2.45. The number of anilines is 1. The molecule has 0 saturated heterocycles. The van der Waals surface area contributed by atoms with Gasteiger partial charge in [0.1, 0.15) is 10.6 Å². The van der Waals surface area contributed by atoms with E-state index < -0.39 is 17.7 Å². The molecule has 3 heterocycles. The fourth-order valence-corrected chi connectivity index (χ4v) is 6.58. The molecule has 1 atom stereocenters. The van der Waals surface area contributed by atoms with Crippen LogP contribution in [0.25, 0.3) is 15.8 Å². The third-order valence-corrected chi connectivity index (χ3v) is 7.90. The topological polar surface area (TPSA) is 45.2 Å². The van der Waals surface area contributed by atoms with E-state index >= 15 is 0 Å². The summed E-state index contributed by atoms with van der Waals surface area (Å²) in [5.41, 5.74) is -1.59. The van der Waals surface area contributed by atoms with E-state index in [4.69, 9.17) is 0 Å². The number of rotatable bonds is 2. The zero-order valence-electron chi connectivity index (χ0n) is 16.8. The van der Waals surface area contributed by atoms with E-state index in [1.54, 1.807) is 30.3 Å². The average molecular weight is 482 g/mol. The van der Waals surface area contributed by atoms with Crippen LogP contribution in [0.1, 0.15) is 10.6 Å². The minimum atomic E-state index is -4.81. The van der Waals surface area contributed by atoms with Gasteiger partial charge in [-0.25, -0.2) is 4.98 Å². The first kappa shape index (κ1) is 20.3. The fraction of sp³-hybridized carbons (Fsp3) is 0.0833. The summed E-state index contributed by atoms with van der Waals surface area (Å²) in [5.74, 6) is -0.804. The molecule has 0 saturated carbocycles. The van der Waals surface area contributed by atoms with Gasteiger partial charge in [-0.1, -0.05) is 66.4 Å². The number of thiazole rings is 1. The number of amides is 1. The third-order valence-electron chi connectivity index (χ3n) is 5.70. The maximum Gasteiger partial charge on any atom is 0.435 e. The monoisotopic (exact) mass is 481 g/mol. The molecular formula is C24H14F3N3OS2. The first-order valence-corrected chi connectivity index (χ1v) is 11.7. The van der Waals surface area contributed by atoms with E-state index in [0.29, 0.717) is 21.1 Å². The zero-order valence-corrected chi connectivity index (χ0v) is 18.4. The molecule has 1 amide bonds. The van der Waals surface area contributed by atoms with Gasteiger partial charge in [0, 0.05) is 10.5 Å². The van der Waals surface area contributed by atoms with E-state index in [9.17, 15) is 18.0 Å². The molecule has 4 aromatic rings. The molecule has 4 nitrogen and oxygen atoms in total. The second-order valence-electron chi connectivity index (χ2n) is 7.60. The van der Waals surface area contributed by atoms with E-state index in [2.05, 4.69) is 10.3 Å². The molecule has 0 aliphatic carbocycles. The van der Waals surface area contributed by atoms with Gasteiger partial charge in [-0.2, -0.15) is 13.2 Å². The lowest BCUT2D eigenvalue weighted by molar-refractivity contribution is -0.201. The molecule has 3 aromatic carbocycles. The van der Waals surface area contributed by atoms with Crippen molar-refractivity contribution < 1.29 is 18.0 Å². The molecule has 2 aliphatic rings. The van der Waals surface area contributed by atoms with Gasteiger partial charge in [0.2, 0.25) is 5.66 Å². The highest BCUT2D eigenvalue weighted by molar-refractivity contribution is 8.04. The van der Waals surface area contributed by atoms with Crippen molar-refractivity contribution in [2.75, 3.05) is 4.90 Å². The minimum Gasteiger partial charge on any atom is -0.317 e. The van der Waals surface area contributed by atoms with Crippen molar-refractivity contribution in [1.29, 1.82) is 0 Å². The molecule has 9 heteroatoms. The molecule has 0 unspecified atom stereocenters. The summed E-state index contributed by atoms with van der Waals surface area (Å²) in [6, 6.07) is 21.8. The number of nitrogens with one attached hydrogen (secondary N) is 1. The minimum absolute atomic E-state index is 0.0657. The molecule has 0 fully saturated rings. The second kappa shape index (κ2) is 7.10. The molecule has 6 rings (SSSR count). The fourth-order valence-electron chi connectivity index (χ4n) is 4.27. The Kier molecular flexibility index (Phi) is 4.37. The van der Waals surface area contributed by atoms with Crippen molar-refractivity contribution in [2.45, 2.75) is 16.7 Å². The van der Waals surface area contributed by atoms with Crippen LogP contribution in [-0.4, -0.2) is 17.1 Å². The number of carbonyl (C=O) groups excluding carboxylic acids is 1. The SMILES string of the molecule is O=C1N[C@@](c2ccccc2)(C(F)(F)F)N2C(=C1c1nc3ccccc3s1)Sc1ccccc12. The van der Waals surface area contributed by atoms with Gasteiger partial charge in [-0.15, -0.1) is 11.3 Å². The highest BCUT2D eigenvalue weighted by Gasteiger charge is 2.66. The number of thioether (sulfide) groups is 1. The summed E-state index contributed by atoms with van der Waals surface area (Å²) < 4.78 is 45.8. The van der Waals surface area contributed by atoms with Crippen LogP contribution in [0.5, 0.6) is 0 Å². The molecule has 1 aromatic heterocycles. The first-order valence-electron chi connectivity index (χ1n) is 10.0. The number of halogens is 3. The lowest BCUT2D eigenvalue weighted by Crippen LogP contribution is -2.68. The van der Waals surface area contributed by atoms with E-state index in [1.807, 2.05) is 24.3 Å². The normalized spacial score (nSPS) is 20.1. The van der Waals surface area contributed by atoms with Crippen molar-refractivity contribution in [3.8, 4) is 0 Å². The number of alkyl halides is 3. The van der Waals surface area contributed by atoms with Crippen molar-refractivity contribution in [1.82, 2.24) is 10.3 Å². The van der Waals surface area contributed by atoms with Gasteiger partial charge >= 0.3 is 6.18 Å². The van der Waals surface area contributed by atoms with Gasteiger partial charge in [0.15, 0.2) is 0 Å². The summed E-state index contributed by atoms with van der Waals surface area (Å²) in [4.78, 5) is 19.9. The van der Waals surface area contributed by atoms with Gasteiger partial charge < -0.3 is 5.32 Å². The summed E-state index contributed by atoms with van der Waals surface area (Å²) in [6.45, 7) is 0. The number of hydrogen-bond donors (Lipinski definition) is 1. The predicted molar refractivity (Wildman–Crippen MR) is 124 cm³/mol. The van der Waals surface area contributed by atoms with Crippen LogP contribution in [0.4, 0.5) is 18.9 Å². The van der Waals surface area contributed by atoms with Crippen LogP contribution in [-0.2, 0) is 10.5 Å². The number of para-hydroxylation sites is 2. The number of aromatic nitrogens is 1. The van der Waals surface area contributed by atoms with Crippen LogP contribution in [0.15, 0.2) is 88.8 Å². The van der Waals surface area contributed by atoms with Crippen LogP contribution >= 0.6 is 23.1 Å². The Morgan fingerprint density at radius 1 is 0.909 bits per heavy atom. The Hall–Kier alpha value is -3.30. The predicted octanol–water partition coefficient (Wildman–Crippen LogP) is 6.12. The van der Waals surface area contributed by atoms with Crippen LogP contribution in [0.2, 0.25) is 0 Å². The van der Waals surface area contributed by atoms with Gasteiger partial charge in [-0.05, 0) is 24.3 Å². The Balaban J connectivity index is 1.67.